The SMILES string of the molecule is CC(C)Cc1nc(CSc2nc3ccccc3c(=O)n2CCc2ccc(S(N)(=O)=O)cc2)no1. The minimum absolute atomic E-state index is 0.0500. The van der Waals surface area contributed by atoms with E-state index in [1.807, 2.05) is 18.2 Å². The second-order valence-corrected chi connectivity index (χ2v) is 10.8. The lowest BCUT2D eigenvalue weighted by atomic mass is 10.1. The third-order valence-corrected chi connectivity index (χ3v) is 7.03. The maximum absolute atomic E-state index is 13.3. The van der Waals surface area contributed by atoms with Crippen molar-refractivity contribution in [1.82, 2.24) is 19.7 Å². The maximum Gasteiger partial charge on any atom is 0.262 e. The second-order valence-electron chi connectivity index (χ2n) is 8.30. The number of rotatable bonds is 9. The number of aromatic nitrogens is 4. The van der Waals surface area contributed by atoms with Crippen LogP contribution < -0.4 is 10.7 Å². The molecule has 0 spiro atoms. The molecule has 4 aromatic rings. The van der Waals surface area contributed by atoms with Gasteiger partial charge in [-0.2, -0.15) is 4.98 Å². The molecule has 11 heteroatoms. The zero-order valence-corrected chi connectivity index (χ0v) is 20.5. The number of nitrogens with zero attached hydrogens (tertiary/aromatic N) is 4. The van der Waals surface area contributed by atoms with E-state index in [-0.39, 0.29) is 10.5 Å². The quantitative estimate of drug-likeness (QED) is 0.274. The van der Waals surface area contributed by atoms with Crippen LogP contribution in [0.3, 0.4) is 0 Å². The fourth-order valence-corrected chi connectivity index (χ4v) is 4.84. The van der Waals surface area contributed by atoms with E-state index in [9.17, 15) is 13.2 Å². The van der Waals surface area contributed by atoms with Gasteiger partial charge in [-0.3, -0.25) is 9.36 Å². The number of fused-ring (bicyclic) bond motifs is 1. The molecule has 0 aliphatic heterocycles. The van der Waals surface area contributed by atoms with Gasteiger partial charge in [-0.1, -0.05) is 55.0 Å². The zero-order chi connectivity index (χ0) is 24.3. The van der Waals surface area contributed by atoms with Crippen molar-refractivity contribution in [2.24, 2.45) is 11.1 Å². The predicted molar refractivity (Wildman–Crippen MR) is 130 cm³/mol. The van der Waals surface area contributed by atoms with Gasteiger partial charge in [0.25, 0.3) is 5.56 Å². The van der Waals surface area contributed by atoms with Crippen molar-refractivity contribution in [2.75, 3.05) is 0 Å². The van der Waals surface area contributed by atoms with Crippen molar-refractivity contribution in [1.29, 1.82) is 0 Å². The van der Waals surface area contributed by atoms with Gasteiger partial charge >= 0.3 is 0 Å². The average molecular weight is 500 g/mol. The molecule has 0 amide bonds. The monoisotopic (exact) mass is 499 g/mol. The topological polar surface area (TPSA) is 134 Å². The minimum atomic E-state index is -3.75. The first-order chi connectivity index (χ1) is 16.2. The first-order valence-electron chi connectivity index (χ1n) is 10.8. The number of benzene rings is 2. The van der Waals surface area contributed by atoms with Crippen LogP contribution >= 0.6 is 11.8 Å². The third kappa shape index (κ3) is 5.72. The van der Waals surface area contributed by atoms with Crippen molar-refractivity contribution < 1.29 is 12.9 Å². The van der Waals surface area contributed by atoms with Gasteiger partial charge in [-0.25, -0.2) is 18.5 Å². The van der Waals surface area contributed by atoms with Gasteiger partial charge in [-0.05, 0) is 42.2 Å². The van der Waals surface area contributed by atoms with Crippen molar-refractivity contribution in [3.8, 4) is 0 Å². The molecule has 9 nitrogen and oxygen atoms in total. The molecule has 0 aliphatic carbocycles. The lowest BCUT2D eigenvalue weighted by Crippen LogP contribution is -2.24. The number of thioether (sulfide) groups is 1. The molecule has 0 unspecified atom stereocenters. The second kappa shape index (κ2) is 10.1. The molecule has 178 valence electrons. The highest BCUT2D eigenvalue weighted by Gasteiger charge is 2.15. The Morgan fingerprint density at radius 1 is 1.09 bits per heavy atom. The summed E-state index contributed by atoms with van der Waals surface area (Å²) in [7, 11) is -3.75. The van der Waals surface area contributed by atoms with Gasteiger partial charge in [0.1, 0.15) is 0 Å². The highest BCUT2D eigenvalue weighted by molar-refractivity contribution is 7.98. The minimum Gasteiger partial charge on any atom is -0.339 e. The van der Waals surface area contributed by atoms with Gasteiger partial charge in [0.2, 0.25) is 15.9 Å². The Morgan fingerprint density at radius 2 is 1.82 bits per heavy atom. The molecule has 2 aromatic heterocycles. The Bertz CT molecular complexity index is 1460. The van der Waals surface area contributed by atoms with Gasteiger partial charge in [-0.15, -0.1) is 0 Å². The number of aryl methyl sites for hydroxylation is 1. The summed E-state index contributed by atoms with van der Waals surface area (Å²) in [5.41, 5.74) is 1.36. The summed E-state index contributed by atoms with van der Waals surface area (Å²) in [5.74, 6) is 1.97. The van der Waals surface area contributed by atoms with Crippen LogP contribution in [0, 0.1) is 5.92 Å². The van der Waals surface area contributed by atoms with E-state index in [1.54, 1.807) is 22.8 Å². The van der Waals surface area contributed by atoms with Gasteiger partial charge in [0, 0.05) is 13.0 Å². The molecule has 0 aliphatic rings. The lowest BCUT2D eigenvalue weighted by molar-refractivity contribution is 0.360. The van der Waals surface area contributed by atoms with Crippen molar-refractivity contribution >= 4 is 32.7 Å². The Morgan fingerprint density at radius 3 is 2.53 bits per heavy atom. The fraction of sp³-hybridized carbons (Fsp3) is 0.304. The predicted octanol–water partition coefficient (Wildman–Crippen LogP) is 3.16. The Hall–Kier alpha value is -3.02. The number of hydrogen-bond donors (Lipinski definition) is 1. The summed E-state index contributed by atoms with van der Waals surface area (Å²) in [6, 6.07) is 13.5. The molecule has 0 radical (unpaired) electrons. The van der Waals surface area contributed by atoms with Crippen LogP contribution in [0.15, 0.2) is 67.9 Å². The highest BCUT2D eigenvalue weighted by atomic mass is 32.2. The Labute approximate surface area is 201 Å². The molecule has 2 N–H and O–H groups in total. The van der Waals surface area contributed by atoms with E-state index in [0.29, 0.717) is 58.8 Å². The highest BCUT2D eigenvalue weighted by Crippen LogP contribution is 2.22. The summed E-state index contributed by atoms with van der Waals surface area (Å²) in [4.78, 5) is 22.4. The van der Waals surface area contributed by atoms with E-state index in [4.69, 9.17) is 14.6 Å². The van der Waals surface area contributed by atoms with E-state index in [2.05, 4.69) is 24.0 Å². The molecule has 0 fully saturated rings. The number of nitrogens with two attached hydrogens (primary N) is 1. The van der Waals surface area contributed by atoms with E-state index in [0.717, 1.165) is 5.56 Å². The maximum atomic E-state index is 13.3. The normalized spacial score (nSPS) is 12.0. The molecule has 0 saturated carbocycles. The molecule has 0 bridgehead atoms. The van der Waals surface area contributed by atoms with Gasteiger partial charge in [0.15, 0.2) is 11.0 Å². The summed E-state index contributed by atoms with van der Waals surface area (Å²) in [6.45, 7) is 4.54. The van der Waals surface area contributed by atoms with Crippen LogP contribution in [0.5, 0.6) is 0 Å². The smallest absolute Gasteiger partial charge is 0.262 e. The summed E-state index contributed by atoms with van der Waals surface area (Å²) in [5, 5.41) is 10.3. The molecule has 2 heterocycles. The van der Waals surface area contributed by atoms with Crippen LogP contribution in [0.2, 0.25) is 0 Å². The summed E-state index contributed by atoms with van der Waals surface area (Å²) >= 11 is 1.37. The van der Waals surface area contributed by atoms with Gasteiger partial charge < -0.3 is 4.52 Å². The zero-order valence-electron chi connectivity index (χ0n) is 18.8. The molecule has 0 saturated heterocycles. The third-order valence-electron chi connectivity index (χ3n) is 5.13. The van der Waals surface area contributed by atoms with Crippen molar-refractivity contribution in [2.45, 2.75) is 49.0 Å². The number of para-hydroxylation sites is 1. The van der Waals surface area contributed by atoms with E-state index >= 15 is 0 Å². The number of sulfonamides is 1. The molecule has 4 rings (SSSR count). The van der Waals surface area contributed by atoms with Crippen molar-refractivity contribution in [3.05, 3.63) is 76.2 Å². The van der Waals surface area contributed by atoms with Crippen LogP contribution in [0.25, 0.3) is 10.9 Å². The Balaban J connectivity index is 1.58. The number of hydrogen-bond acceptors (Lipinski definition) is 8. The standard InChI is InChI=1S/C23H25N5O4S2/c1-15(2)13-21-26-20(27-32-21)14-33-23-25-19-6-4-3-5-18(19)22(29)28(23)12-11-16-7-9-17(10-8-16)34(24,30)31/h3-10,15H,11-14H2,1-2H3,(H2,24,30,31). The number of primary sulfonamides is 1. The van der Waals surface area contributed by atoms with Crippen LogP contribution in [0.1, 0.15) is 31.1 Å². The fourth-order valence-electron chi connectivity index (χ4n) is 3.45. The summed E-state index contributed by atoms with van der Waals surface area (Å²) < 4.78 is 29.9. The van der Waals surface area contributed by atoms with Gasteiger partial charge in [0.05, 0.1) is 21.6 Å². The van der Waals surface area contributed by atoms with Crippen LogP contribution in [0.4, 0.5) is 0 Å². The molecular formula is C23H25N5O4S2. The largest absolute Gasteiger partial charge is 0.339 e. The first kappa shape index (κ1) is 24.1. The van der Waals surface area contributed by atoms with E-state index < -0.39 is 10.0 Å². The molecule has 2 aromatic carbocycles. The van der Waals surface area contributed by atoms with Crippen LogP contribution in [-0.2, 0) is 35.2 Å². The molecule has 34 heavy (non-hydrogen) atoms. The molecule has 0 atom stereocenters. The summed E-state index contributed by atoms with van der Waals surface area (Å²) in [6.07, 6.45) is 1.22. The van der Waals surface area contributed by atoms with E-state index in [1.165, 1.54) is 23.9 Å². The molecular weight excluding hydrogens is 474 g/mol. The Kier molecular flexibility index (Phi) is 7.15. The lowest BCUT2D eigenvalue weighted by Gasteiger charge is -2.13. The van der Waals surface area contributed by atoms with Crippen molar-refractivity contribution in [3.63, 3.8) is 0 Å². The average Bonchev–Trinajstić information content (AvgIpc) is 3.23. The van der Waals surface area contributed by atoms with Crippen LogP contribution in [-0.4, -0.2) is 28.1 Å². The first-order valence-corrected chi connectivity index (χ1v) is 13.3.